The molecule has 9 heteroatoms. The molecule has 2 aromatic carbocycles. The van der Waals surface area contributed by atoms with Gasteiger partial charge in [-0.15, -0.1) is 23.2 Å². The Bertz CT molecular complexity index is 914. The van der Waals surface area contributed by atoms with Crippen LogP contribution in [0.3, 0.4) is 0 Å². The molecule has 0 aromatic heterocycles. The number of alkyl halides is 2. The first-order valence-corrected chi connectivity index (χ1v) is 12.8. The number of carbonyl (C=O) groups is 2. The number of amides is 3. The van der Waals surface area contributed by atoms with E-state index in [0.29, 0.717) is 48.3 Å². The van der Waals surface area contributed by atoms with E-state index < -0.39 is 0 Å². The van der Waals surface area contributed by atoms with Crippen LogP contribution < -0.4 is 20.9 Å². The molecule has 0 aliphatic carbocycles. The molecule has 0 radical (unpaired) electrons. The summed E-state index contributed by atoms with van der Waals surface area (Å²) in [5.41, 5.74) is 2.92. The summed E-state index contributed by atoms with van der Waals surface area (Å²) in [6.07, 6.45) is 3.84. The summed E-state index contributed by atoms with van der Waals surface area (Å²) in [6, 6.07) is 14.3. The van der Waals surface area contributed by atoms with Gasteiger partial charge in [0.1, 0.15) is 0 Å². The number of hydrogen-bond acceptors (Lipinski definition) is 4. The fourth-order valence-electron chi connectivity index (χ4n) is 3.99. The van der Waals surface area contributed by atoms with Crippen molar-refractivity contribution in [3.05, 3.63) is 48.5 Å². The Balaban J connectivity index is 1.46. The number of likely N-dealkylation sites (tertiary alicyclic amines) is 1. The van der Waals surface area contributed by atoms with E-state index in [0.717, 1.165) is 31.7 Å². The van der Waals surface area contributed by atoms with Gasteiger partial charge in [0.15, 0.2) is 0 Å². The Morgan fingerprint density at radius 2 is 1.47 bits per heavy atom. The first kappa shape index (κ1) is 26.1. The number of urea groups is 1. The Hall–Kier alpha value is -2.48. The van der Waals surface area contributed by atoms with Gasteiger partial charge in [0.25, 0.3) is 0 Å². The first-order chi connectivity index (χ1) is 16.6. The summed E-state index contributed by atoms with van der Waals surface area (Å²) >= 11 is 11.7. The number of nitrogens with zero attached hydrogens (tertiary/aromatic N) is 2. The van der Waals surface area contributed by atoms with Crippen molar-refractivity contribution in [3.63, 3.8) is 0 Å². The second-order valence-corrected chi connectivity index (χ2v) is 9.03. The molecule has 7 nitrogen and oxygen atoms in total. The quantitative estimate of drug-likeness (QED) is 0.336. The molecule has 3 rings (SSSR count). The molecule has 3 N–H and O–H groups in total. The molecule has 0 bridgehead atoms. The summed E-state index contributed by atoms with van der Waals surface area (Å²) in [5, 5.41) is 8.55. The van der Waals surface area contributed by atoms with Crippen LogP contribution in [-0.2, 0) is 4.79 Å². The van der Waals surface area contributed by atoms with Gasteiger partial charge >= 0.3 is 6.03 Å². The smallest absolute Gasteiger partial charge is 0.323 e. The summed E-state index contributed by atoms with van der Waals surface area (Å²) in [6.45, 7) is 4.65. The lowest BCUT2D eigenvalue weighted by atomic mass is 10.2. The molecule has 3 amide bonds. The van der Waals surface area contributed by atoms with E-state index in [-0.39, 0.29) is 11.9 Å². The summed E-state index contributed by atoms with van der Waals surface area (Å²) in [4.78, 5) is 29.2. The van der Waals surface area contributed by atoms with Gasteiger partial charge in [-0.3, -0.25) is 4.79 Å². The molecule has 1 saturated heterocycles. The zero-order valence-electron chi connectivity index (χ0n) is 19.4. The Morgan fingerprint density at radius 3 is 2.12 bits per heavy atom. The molecule has 0 saturated carbocycles. The molecule has 0 atom stereocenters. The monoisotopic (exact) mass is 505 g/mol. The van der Waals surface area contributed by atoms with Crippen LogP contribution in [0.2, 0.25) is 0 Å². The zero-order chi connectivity index (χ0) is 24.2. The van der Waals surface area contributed by atoms with Crippen LogP contribution in [0.15, 0.2) is 48.5 Å². The maximum absolute atomic E-state index is 12.4. The van der Waals surface area contributed by atoms with Crippen LogP contribution >= 0.6 is 23.2 Å². The van der Waals surface area contributed by atoms with Gasteiger partial charge in [0.2, 0.25) is 5.91 Å². The van der Waals surface area contributed by atoms with Crippen molar-refractivity contribution in [3.8, 4) is 0 Å². The van der Waals surface area contributed by atoms with Crippen LogP contribution in [0, 0.1) is 0 Å². The van der Waals surface area contributed by atoms with Gasteiger partial charge in [-0.25, -0.2) is 4.79 Å². The van der Waals surface area contributed by atoms with Crippen molar-refractivity contribution in [2.45, 2.75) is 25.7 Å². The van der Waals surface area contributed by atoms with Crippen molar-refractivity contribution in [2.75, 3.05) is 65.3 Å². The third kappa shape index (κ3) is 8.70. The molecule has 1 aliphatic heterocycles. The van der Waals surface area contributed by atoms with E-state index in [1.54, 1.807) is 18.2 Å². The molecular weight excluding hydrogens is 473 g/mol. The highest BCUT2D eigenvalue weighted by molar-refractivity contribution is 6.18. The second-order valence-electron chi connectivity index (χ2n) is 8.27. The highest BCUT2D eigenvalue weighted by Gasteiger charge is 2.12. The highest BCUT2D eigenvalue weighted by atomic mass is 35.5. The van der Waals surface area contributed by atoms with Crippen LogP contribution in [0.25, 0.3) is 0 Å². The number of carbonyl (C=O) groups excluding carboxylic acids is 2. The van der Waals surface area contributed by atoms with E-state index in [2.05, 4.69) is 25.8 Å². The second kappa shape index (κ2) is 14.0. The highest BCUT2D eigenvalue weighted by Crippen LogP contribution is 2.20. The van der Waals surface area contributed by atoms with Crippen molar-refractivity contribution in [1.82, 2.24) is 4.90 Å². The van der Waals surface area contributed by atoms with Crippen LogP contribution in [0.1, 0.15) is 25.7 Å². The summed E-state index contributed by atoms with van der Waals surface area (Å²) < 4.78 is 0. The molecule has 0 unspecified atom stereocenters. The van der Waals surface area contributed by atoms with Gasteiger partial charge in [0.05, 0.1) is 0 Å². The van der Waals surface area contributed by atoms with Gasteiger partial charge < -0.3 is 25.8 Å². The van der Waals surface area contributed by atoms with Crippen molar-refractivity contribution < 1.29 is 9.59 Å². The predicted octanol–water partition coefficient (Wildman–Crippen LogP) is 5.43. The topological polar surface area (TPSA) is 76.7 Å². The average molecular weight is 506 g/mol. The fraction of sp³-hybridized carbons (Fsp3) is 0.440. The fourth-order valence-corrected chi connectivity index (χ4v) is 4.40. The van der Waals surface area contributed by atoms with E-state index in [1.165, 1.54) is 12.8 Å². The maximum Gasteiger partial charge on any atom is 0.323 e. The van der Waals surface area contributed by atoms with E-state index in [4.69, 9.17) is 23.2 Å². The van der Waals surface area contributed by atoms with Gasteiger partial charge in [-0.05, 0) is 81.4 Å². The van der Waals surface area contributed by atoms with Crippen LogP contribution in [0.5, 0.6) is 0 Å². The Labute approximate surface area is 211 Å². The minimum atomic E-state index is -0.361. The van der Waals surface area contributed by atoms with Gasteiger partial charge in [-0.2, -0.15) is 0 Å². The van der Waals surface area contributed by atoms with E-state index in [9.17, 15) is 9.59 Å². The third-order valence-electron chi connectivity index (χ3n) is 5.68. The van der Waals surface area contributed by atoms with Crippen molar-refractivity contribution in [2.24, 2.45) is 0 Å². The summed E-state index contributed by atoms with van der Waals surface area (Å²) in [5.74, 6) is 1.01. The lowest BCUT2D eigenvalue weighted by Gasteiger charge is -2.23. The minimum Gasteiger partial charge on any atom is -0.369 e. The number of nitrogens with one attached hydrogen (secondary N) is 3. The molecular formula is C25H33Cl2N5O2. The minimum absolute atomic E-state index is 0.0155. The Kier molecular flexibility index (Phi) is 10.8. The third-order valence-corrected chi connectivity index (χ3v) is 6.02. The normalized spacial score (nSPS) is 13.5. The van der Waals surface area contributed by atoms with Gasteiger partial charge in [0, 0.05) is 54.0 Å². The van der Waals surface area contributed by atoms with Crippen LogP contribution in [0.4, 0.5) is 27.5 Å². The average Bonchev–Trinajstić information content (AvgIpc) is 3.33. The largest absolute Gasteiger partial charge is 0.369 e. The number of benzene rings is 2. The molecule has 34 heavy (non-hydrogen) atoms. The number of halogens is 2. The van der Waals surface area contributed by atoms with Crippen LogP contribution in [-0.4, -0.2) is 61.3 Å². The number of hydrogen-bond donors (Lipinski definition) is 3. The maximum atomic E-state index is 12.4. The van der Waals surface area contributed by atoms with Gasteiger partial charge in [-0.1, -0.05) is 6.07 Å². The lowest BCUT2D eigenvalue weighted by molar-refractivity contribution is -0.116. The molecule has 1 fully saturated rings. The molecule has 2 aromatic rings. The zero-order valence-corrected chi connectivity index (χ0v) is 20.9. The molecule has 1 heterocycles. The summed E-state index contributed by atoms with van der Waals surface area (Å²) in [7, 11) is 0. The number of anilines is 4. The number of rotatable bonds is 12. The van der Waals surface area contributed by atoms with Crippen molar-refractivity contribution >= 4 is 57.9 Å². The van der Waals surface area contributed by atoms with E-state index in [1.807, 2.05) is 30.3 Å². The van der Waals surface area contributed by atoms with E-state index >= 15 is 0 Å². The molecule has 1 aliphatic rings. The Morgan fingerprint density at radius 1 is 0.853 bits per heavy atom. The molecule has 184 valence electrons. The standard InChI is InChI=1S/C25H33Cl2N5O2/c26-12-17-32(18-13-27)23-10-8-20(9-11-23)29-25(34)30-22-6-3-5-21(19-22)28-24(33)7-4-16-31-14-1-2-15-31/h3,5-6,8-11,19H,1-2,4,7,12-18H2,(H,28,33)(H2,29,30,34). The SMILES string of the molecule is O=C(CCCN1CCCC1)Nc1cccc(NC(=O)Nc2ccc(N(CCCl)CCCl)cc2)c1. The van der Waals surface area contributed by atoms with Crippen molar-refractivity contribution in [1.29, 1.82) is 0 Å². The predicted molar refractivity (Wildman–Crippen MR) is 143 cm³/mol. The first-order valence-electron chi connectivity index (χ1n) is 11.7. The lowest BCUT2D eigenvalue weighted by Crippen LogP contribution is -2.27. The molecule has 0 spiro atoms.